The van der Waals surface area contributed by atoms with Crippen LogP contribution in [-0.4, -0.2) is 55.4 Å². The largest absolute Gasteiger partial charge is 0.457 e. The van der Waals surface area contributed by atoms with Crippen LogP contribution in [0.4, 0.5) is 0 Å². The van der Waals surface area contributed by atoms with Crippen LogP contribution in [0.5, 0.6) is 0 Å². The van der Waals surface area contributed by atoms with Gasteiger partial charge in [0, 0.05) is 23.9 Å². The molecule has 0 aliphatic carbocycles. The Labute approximate surface area is 178 Å². The molecule has 2 aliphatic rings. The first-order chi connectivity index (χ1) is 14.4. The number of ether oxygens (including phenoxy) is 1. The molecule has 4 rings (SSSR count). The van der Waals surface area contributed by atoms with E-state index in [-0.39, 0.29) is 24.3 Å². The predicted molar refractivity (Wildman–Crippen MR) is 111 cm³/mol. The van der Waals surface area contributed by atoms with Crippen LogP contribution in [0.15, 0.2) is 58.7 Å². The number of benzene rings is 1. The number of β-lactam (4-membered cyclic amide) rings is 1. The van der Waals surface area contributed by atoms with Gasteiger partial charge in [0.1, 0.15) is 12.3 Å². The first kappa shape index (κ1) is 20.4. The Morgan fingerprint density at radius 1 is 1.40 bits per heavy atom. The summed E-state index contributed by atoms with van der Waals surface area (Å²) < 4.78 is 7.07. The quantitative estimate of drug-likeness (QED) is 0.411. The third-order valence-electron chi connectivity index (χ3n) is 5.30. The second-order valence-corrected chi connectivity index (χ2v) is 8.30. The molecule has 1 fully saturated rings. The Morgan fingerprint density at radius 2 is 2.13 bits per heavy atom. The molecule has 156 valence electrons. The number of aromatic nitrogens is 3. The second kappa shape index (κ2) is 8.08. The minimum atomic E-state index is -0.784. The molecule has 1 aromatic heterocycles. The van der Waals surface area contributed by atoms with E-state index in [1.807, 2.05) is 41.9 Å². The molecule has 1 aromatic carbocycles. The highest BCUT2D eigenvalue weighted by molar-refractivity contribution is 8.03. The molecule has 0 bridgehead atoms. The summed E-state index contributed by atoms with van der Waals surface area (Å²) >= 11 is 1.29. The fraction of sp³-hybridized carbons (Fsp3) is 0.333. The predicted octanol–water partition coefficient (Wildman–Crippen LogP) is 2.13. The summed E-state index contributed by atoms with van der Waals surface area (Å²) in [6, 6.07) is 9.42. The number of fused-ring (bicyclic) bond motifs is 1. The Hall–Kier alpha value is -2.91. The summed E-state index contributed by atoms with van der Waals surface area (Å²) in [6.07, 6.45) is 1.15. The number of hydrogen-bond acceptors (Lipinski definition) is 7. The van der Waals surface area contributed by atoms with Crippen LogP contribution >= 0.6 is 11.8 Å². The lowest BCUT2D eigenvalue weighted by molar-refractivity contribution is -0.162. The molecule has 8 nitrogen and oxygen atoms in total. The normalized spacial score (nSPS) is 21.3. The number of carbonyl (C=O) groups excluding carboxylic acids is 2. The van der Waals surface area contributed by atoms with Crippen LogP contribution in [0.3, 0.4) is 0 Å². The van der Waals surface area contributed by atoms with Gasteiger partial charge in [-0.05, 0) is 6.92 Å². The van der Waals surface area contributed by atoms with Gasteiger partial charge < -0.3 is 19.3 Å². The molecule has 3 atom stereocenters. The maximum absolute atomic E-state index is 12.7. The number of esters is 1. The Bertz CT molecular complexity index is 1030. The molecule has 1 N–H and O–H groups in total. The molecule has 9 heteroatoms. The third-order valence-corrected chi connectivity index (χ3v) is 6.44. The number of aliphatic hydroxyl groups is 1. The standard InChI is InChI=1S/C21H22N4O4S/c1-4-10-29-20(28)17-15(11-14-16(12(2)26)19(27)25(14)17)30-21-23-22-18(24(21)3)13-8-6-5-7-9-13/h4-9,12,14,16,26H,1,10-11H2,2-3H3/t12-,14-,16-/m1/s1. The molecule has 3 heterocycles. The van der Waals surface area contributed by atoms with Crippen LogP contribution in [0.2, 0.25) is 0 Å². The molecule has 1 amide bonds. The van der Waals surface area contributed by atoms with Crippen molar-refractivity contribution < 1.29 is 19.4 Å². The lowest BCUT2D eigenvalue weighted by Crippen LogP contribution is -2.61. The zero-order chi connectivity index (χ0) is 21.4. The van der Waals surface area contributed by atoms with E-state index in [1.165, 1.54) is 22.7 Å². The molecule has 0 saturated carbocycles. The zero-order valence-electron chi connectivity index (χ0n) is 16.7. The minimum absolute atomic E-state index is 0.0505. The number of carbonyl (C=O) groups is 2. The topological polar surface area (TPSA) is 97.5 Å². The summed E-state index contributed by atoms with van der Waals surface area (Å²) in [4.78, 5) is 27.4. The molecule has 1 saturated heterocycles. The molecule has 2 aliphatic heterocycles. The van der Waals surface area contributed by atoms with E-state index in [9.17, 15) is 14.7 Å². The van der Waals surface area contributed by atoms with Gasteiger partial charge in [-0.15, -0.1) is 10.2 Å². The van der Waals surface area contributed by atoms with E-state index in [1.54, 1.807) is 6.92 Å². The lowest BCUT2D eigenvalue weighted by atomic mass is 9.83. The monoisotopic (exact) mass is 426 g/mol. The number of nitrogens with zero attached hydrogens (tertiary/aromatic N) is 4. The maximum atomic E-state index is 12.7. The fourth-order valence-corrected chi connectivity index (χ4v) is 4.93. The highest BCUT2D eigenvalue weighted by Gasteiger charge is 2.57. The summed E-state index contributed by atoms with van der Waals surface area (Å²) in [5, 5.41) is 19.1. The minimum Gasteiger partial charge on any atom is -0.457 e. The van der Waals surface area contributed by atoms with Gasteiger partial charge >= 0.3 is 5.97 Å². The van der Waals surface area contributed by atoms with E-state index >= 15 is 0 Å². The summed E-state index contributed by atoms with van der Waals surface area (Å²) in [5.41, 5.74) is 1.15. The average Bonchev–Trinajstić information content (AvgIpc) is 3.25. The van der Waals surface area contributed by atoms with Crippen molar-refractivity contribution in [3.63, 3.8) is 0 Å². The summed E-state index contributed by atoms with van der Waals surface area (Å²) in [5.74, 6) is -0.666. The SMILES string of the molecule is C=CCOC(=O)C1=C(Sc2nnc(-c3ccccc3)n2C)C[C@@H]2[C@@H]([C@@H](C)O)C(=O)N12. The van der Waals surface area contributed by atoms with Crippen LogP contribution in [0.25, 0.3) is 11.4 Å². The van der Waals surface area contributed by atoms with E-state index in [2.05, 4.69) is 16.8 Å². The third kappa shape index (κ3) is 3.33. The van der Waals surface area contributed by atoms with Gasteiger partial charge in [0.2, 0.25) is 5.91 Å². The van der Waals surface area contributed by atoms with Crippen molar-refractivity contribution >= 4 is 23.6 Å². The van der Waals surface area contributed by atoms with Gasteiger partial charge in [0.15, 0.2) is 11.0 Å². The van der Waals surface area contributed by atoms with Crippen LogP contribution in [-0.2, 0) is 21.4 Å². The van der Waals surface area contributed by atoms with E-state index in [0.717, 1.165) is 5.56 Å². The van der Waals surface area contributed by atoms with Gasteiger partial charge in [-0.1, -0.05) is 54.7 Å². The van der Waals surface area contributed by atoms with Crippen molar-refractivity contribution in [2.75, 3.05) is 6.61 Å². The zero-order valence-corrected chi connectivity index (χ0v) is 17.5. The van der Waals surface area contributed by atoms with Crippen molar-refractivity contribution in [2.24, 2.45) is 13.0 Å². The van der Waals surface area contributed by atoms with E-state index < -0.39 is 18.0 Å². The van der Waals surface area contributed by atoms with Crippen LogP contribution in [0.1, 0.15) is 13.3 Å². The molecule has 30 heavy (non-hydrogen) atoms. The molecule has 2 aromatic rings. The molecule has 0 unspecified atom stereocenters. The van der Waals surface area contributed by atoms with Crippen molar-refractivity contribution in [1.29, 1.82) is 0 Å². The summed E-state index contributed by atoms with van der Waals surface area (Å²) in [7, 11) is 1.86. The molecular formula is C21H22N4O4S. The number of hydrogen-bond donors (Lipinski definition) is 1. The molecule has 0 spiro atoms. The van der Waals surface area contributed by atoms with Crippen molar-refractivity contribution in [3.05, 3.63) is 53.6 Å². The van der Waals surface area contributed by atoms with E-state index in [0.29, 0.717) is 22.3 Å². The van der Waals surface area contributed by atoms with Crippen LogP contribution in [0, 0.1) is 5.92 Å². The highest BCUT2D eigenvalue weighted by Crippen LogP contribution is 2.48. The average molecular weight is 426 g/mol. The Kier molecular flexibility index (Phi) is 5.48. The van der Waals surface area contributed by atoms with Gasteiger partial charge in [-0.3, -0.25) is 4.79 Å². The number of amides is 1. The van der Waals surface area contributed by atoms with Gasteiger partial charge in [0.05, 0.1) is 18.1 Å². The summed E-state index contributed by atoms with van der Waals surface area (Å²) in [6.45, 7) is 5.20. The lowest BCUT2D eigenvalue weighted by Gasteiger charge is -2.44. The van der Waals surface area contributed by atoms with E-state index in [4.69, 9.17) is 4.74 Å². The maximum Gasteiger partial charge on any atom is 0.356 e. The number of rotatable bonds is 7. The van der Waals surface area contributed by atoms with Crippen molar-refractivity contribution in [1.82, 2.24) is 19.7 Å². The molecular weight excluding hydrogens is 404 g/mol. The first-order valence-electron chi connectivity index (χ1n) is 9.59. The smallest absolute Gasteiger partial charge is 0.356 e. The van der Waals surface area contributed by atoms with Crippen LogP contribution < -0.4 is 0 Å². The van der Waals surface area contributed by atoms with Gasteiger partial charge in [-0.2, -0.15) is 0 Å². The van der Waals surface area contributed by atoms with Gasteiger partial charge in [0.25, 0.3) is 0 Å². The fourth-order valence-electron chi connectivity index (χ4n) is 3.87. The number of thioether (sulfide) groups is 1. The highest BCUT2D eigenvalue weighted by atomic mass is 32.2. The first-order valence-corrected chi connectivity index (χ1v) is 10.4. The van der Waals surface area contributed by atoms with Gasteiger partial charge in [-0.25, -0.2) is 4.79 Å². The van der Waals surface area contributed by atoms with Crippen molar-refractivity contribution in [2.45, 2.75) is 30.6 Å². The van der Waals surface area contributed by atoms with Crippen molar-refractivity contribution in [3.8, 4) is 11.4 Å². The number of aliphatic hydroxyl groups excluding tert-OH is 1. The second-order valence-electron chi connectivity index (χ2n) is 7.24. The Balaban J connectivity index is 1.65. The molecule has 0 radical (unpaired) electrons. The Morgan fingerprint density at radius 3 is 2.80 bits per heavy atom.